The van der Waals surface area contributed by atoms with Crippen molar-refractivity contribution in [2.45, 2.75) is 170 Å². The highest BCUT2D eigenvalue weighted by Crippen LogP contribution is 2.38. The summed E-state index contributed by atoms with van der Waals surface area (Å²) in [6.45, 7) is 42.2. The van der Waals surface area contributed by atoms with Crippen molar-refractivity contribution in [3.63, 3.8) is 0 Å². The largest absolute Gasteiger partial charge is 0.220 e. The quantitative estimate of drug-likeness (QED) is 0.129. The van der Waals surface area contributed by atoms with E-state index in [2.05, 4.69) is 443 Å². The van der Waals surface area contributed by atoms with Gasteiger partial charge in [0.15, 0.2) is 37.2 Å². The van der Waals surface area contributed by atoms with Crippen molar-refractivity contribution in [3.8, 4) is 67.5 Å². The highest BCUT2D eigenvalue weighted by Gasteiger charge is 2.26. The Kier molecular flexibility index (Phi) is 26.3. The Bertz CT molecular complexity index is 7310. The number of pyridine rings is 6. The van der Waals surface area contributed by atoms with Gasteiger partial charge in [0.2, 0.25) is 34.2 Å². The molecule has 1 atom stereocenters. The minimum Gasteiger partial charge on any atom is -0.200 e. The summed E-state index contributed by atoms with van der Waals surface area (Å²) in [7, 11) is 12.6. The maximum Gasteiger partial charge on any atom is 0.220 e. The first-order valence-corrected chi connectivity index (χ1v) is 44.8. The zero-order valence-electron chi connectivity index (χ0n) is 85.4. The van der Waals surface area contributed by atoms with Crippen LogP contribution < -0.4 is 27.4 Å². The molecule has 0 aliphatic heterocycles. The van der Waals surface area contributed by atoms with Gasteiger partial charge < -0.3 is 0 Å². The van der Waals surface area contributed by atoms with E-state index in [4.69, 9.17) is 6.85 Å². The van der Waals surface area contributed by atoms with Crippen LogP contribution in [0.25, 0.3) is 132 Å². The third-order valence-electron chi connectivity index (χ3n) is 26.0. The highest BCUT2D eigenvalue weighted by molar-refractivity contribution is 5.99. The van der Waals surface area contributed by atoms with Gasteiger partial charge in [-0.25, -0.2) is 27.4 Å². The molecule has 6 heteroatoms. The average Bonchev–Trinajstić information content (AvgIpc) is 0.752. The van der Waals surface area contributed by atoms with Gasteiger partial charge in [0, 0.05) is 54.2 Å². The minimum absolute atomic E-state index is 0.506. The Balaban J connectivity index is 0.000000135. The van der Waals surface area contributed by atoms with Gasteiger partial charge in [-0.3, -0.25) is 0 Å². The summed E-state index contributed by atoms with van der Waals surface area (Å²) in [4.78, 5) is 0. The van der Waals surface area contributed by atoms with Gasteiger partial charge in [0.05, 0.1) is 54.7 Å². The molecule has 0 spiro atoms. The summed E-state index contributed by atoms with van der Waals surface area (Å²) in [5.74, 6) is -1.67. The molecular formula is C121H134N6+6. The fraction of sp³-hybridized carbons (Fsp3) is 0.256. The molecule has 0 amide bonds. The van der Waals surface area contributed by atoms with Crippen LogP contribution >= 0.6 is 0 Å². The third kappa shape index (κ3) is 20.2. The maximum atomic E-state index is 8.38. The Labute approximate surface area is 765 Å². The van der Waals surface area contributed by atoms with Gasteiger partial charge in [0.1, 0.15) is 42.3 Å². The van der Waals surface area contributed by atoms with Crippen molar-refractivity contribution >= 4 is 64.6 Å². The van der Waals surface area contributed by atoms with Gasteiger partial charge in [0.25, 0.3) is 0 Å². The number of aryl methyl sites for hydroxylation is 17. The fourth-order valence-electron chi connectivity index (χ4n) is 18.2. The van der Waals surface area contributed by atoms with Crippen molar-refractivity contribution in [1.82, 2.24) is 0 Å². The van der Waals surface area contributed by atoms with Crippen molar-refractivity contribution < 1.29 is 34.3 Å². The van der Waals surface area contributed by atoms with Gasteiger partial charge >= 0.3 is 0 Å². The van der Waals surface area contributed by atoms with Crippen molar-refractivity contribution in [2.75, 3.05) is 0 Å². The van der Waals surface area contributed by atoms with Gasteiger partial charge in [-0.15, -0.1) is 0 Å². The Morgan fingerprint density at radius 1 is 0.228 bits per heavy atom. The molecule has 6 aromatic heterocycles. The fourth-order valence-corrected chi connectivity index (χ4v) is 18.2. The molecule has 0 radical (unpaired) electrons. The zero-order valence-corrected chi connectivity index (χ0v) is 80.4. The Morgan fingerprint density at radius 3 is 0.827 bits per heavy atom. The van der Waals surface area contributed by atoms with E-state index in [1.807, 2.05) is 45.3 Å². The van der Waals surface area contributed by atoms with Gasteiger partial charge in [-0.1, -0.05) is 209 Å². The lowest BCUT2D eigenvalue weighted by Gasteiger charge is -2.12. The number of aromatic nitrogens is 6. The van der Waals surface area contributed by atoms with Crippen LogP contribution in [0, 0.1) is 111 Å². The second-order valence-corrected chi connectivity index (χ2v) is 36.3. The molecule has 18 rings (SSSR count). The SMILES string of the molecule is Cc1cc(C)c(C)c(-c2c3ccc(C(C)C)cc3cc[n+]2C)c1.Cc1cc(C)c(C)c(-c2c3ccccc3cc[n+]2C)c1.Cc1cc(C)c(C)c(-c2c3ccccc3cc[n+]2C)c1.Cc1ccccc1-c1cc2ccccc2c[n+]1C.[2H]C(C)(C)c1ccc2c(-c3cc(C)cc(C)c3C)[n+](C)ccc2c1.[2H]C([2H])([2H])C([2H])(C)c1ccc2c(-c3cc(C)cc(C)c3C)[n+](C)ccc2c1. The molecule has 6 heterocycles. The van der Waals surface area contributed by atoms with E-state index in [0.29, 0.717) is 11.5 Å². The van der Waals surface area contributed by atoms with Crippen molar-refractivity contribution in [3.05, 3.63) is 392 Å². The lowest BCUT2D eigenvalue weighted by Crippen LogP contribution is -2.30. The second kappa shape index (κ2) is 39.3. The summed E-state index contributed by atoms with van der Waals surface area (Å²) in [6, 6.07) is 88.6. The first-order valence-electron chi connectivity index (χ1n) is 47.3. The zero-order chi connectivity index (χ0) is 95.6. The van der Waals surface area contributed by atoms with Crippen LogP contribution in [-0.2, 0) is 42.3 Å². The molecule has 0 fully saturated rings. The summed E-state index contributed by atoms with van der Waals surface area (Å²) >= 11 is 0. The van der Waals surface area contributed by atoms with E-state index >= 15 is 0 Å². The lowest BCUT2D eigenvalue weighted by atomic mass is 9.93. The summed E-state index contributed by atoms with van der Waals surface area (Å²) in [5, 5.41) is 14.8. The number of hydrogen-bond acceptors (Lipinski definition) is 0. The molecular weight excluding hydrogens is 1540 g/mol. The standard InChI is InChI=1S/3C22H26N.2C19H20N.C17H16N/c3*1-14(2)18-7-8-20-19(13-18)9-10-23(6)22(20)21-12-15(3)11-16(4)17(21)5;2*1-13-11-14(2)15(3)18(12-13)19-17-8-6-5-7-16(17)9-10-20(19)4;1-13-7-3-6-10-16(13)17-11-14-8-4-5-9-15(14)12-18(17)2/h3*7-14H,1-6H3;2*5-12H,1-4H3;3-12H,1-2H3/q6*+1/i1D3,14D;14D;;;;. The van der Waals surface area contributed by atoms with Crippen molar-refractivity contribution in [1.29, 1.82) is 0 Å². The number of rotatable bonds is 9. The summed E-state index contributed by atoms with van der Waals surface area (Å²) in [5.41, 5.74) is 39.3. The van der Waals surface area contributed by atoms with E-state index < -0.39 is 18.6 Å². The monoisotopic (exact) mass is 1680 g/mol. The predicted octanol–water partition coefficient (Wildman–Crippen LogP) is 28.3. The molecule has 127 heavy (non-hydrogen) atoms. The van der Waals surface area contributed by atoms with E-state index in [0.717, 1.165) is 22.0 Å². The van der Waals surface area contributed by atoms with Crippen LogP contribution in [0.5, 0.6) is 0 Å². The topological polar surface area (TPSA) is 23.3 Å². The normalized spacial score (nSPS) is 12.4. The number of fused-ring (bicyclic) bond motifs is 6. The second-order valence-electron chi connectivity index (χ2n) is 36.3. The first-order chi connectivity index (χ1) is 62.4. The van der Waals surface area contributed by atoms with Gasteiger partial charge in [-0.2, -0.15) is 0 Å². The van der Waals surface area contributed by atoms with Crippen molar-refractivity contribution in [2.24, 2.45) is 42.3 Å². The van der Waals surface area contributed by atoms with Gasteiger partial charge in [-0.05, 0) is 311 Å². The molecule has 0 saturated heterocycles. The molecule has 6 nitrogen and oxygen atoms in total. The molecule has 642 valence electrons. The van der Waals surface area contributed by atoms with E-state index in [9.17, 15) is 0 Å². The highest BCUT2D eigenvalue weighted by atomic mass is 14.9. The molecule has 18 aromatic rings. The predicted molar refractivity (Wildman–Crippen MR) is 541 cm³/mol. The maximum absolute atomic E-state index is 8.38. The number of benzene rings is 12. The van der Waals surface area contributed by atoms with Crippen LogP contribution in [0.3, 0.4) is 0 Å². The number of hydrogen-bond donors (Lipinski definition) is 0. The van der Waals surface area contributed by atoms with Crippen LogP contribution in [0.2, 0.25) is 0 Å². The molecule has 0 N–H and O–H groups in total. The minimum atomic E-state index is -2.38. The Hall–Kier alpha value is -12.9. The molecule has 0 bridgehead atoms. The van der Waals surface area contributed by atoms with E-state index in [-0.39, 0.29) is 0 Å². The average molecular weight is 1680 g/mol. The van der Waals surface area contributed by atoms with Crippen LogP contribution in [0.1, 0.15) is 172 Å². The van der Waals surface area contributed by atoms with Crippen LogP contribution in [-0.4, -0.2) is 0 Å². The lowest BCUT2D eigenvalue weighted by molar-refractivity contribution is -0.659. The molecule has 0 aliphatic rings. The third-order valence-corrected chi connectivity index (χ3v) is 26.0. The molecule has 12 aromatic carbocycles. The summed E-state index contributed by atoms with van der Waals surface area (Å²) in [6.07, 6.45) is 12.8. The molecule has 0 saturated carbocycles. The van der Waals surface area contributed by atoms with Crippen LogP contribution in [0.15, 0.2) is 286 Å². The van der Waals surface area contributed by atoms with E-state index in [1.165, 1.54) is 217 Å². The van der Waals surface area contributed by atoms with Crippen LogP contribution in [0.4, 0.5) is 0 Å². The Morgan fingerprint density at radius 2 is 0.504 bits per heavy atom. The number of nitrogens with zero attached hydrogens (tertiary/aromatic N) is 6. The summed E-state index contributed by atoms with van der Waals surface area (Å²) < 4.78 is 53.0. The smallest absolute Gasteiger partial charge is 0.200 e. The molecule has 1 unspecified atom stereocenters. The molecule has 0 aliphatic carbocycles. The van der Waals surface area contributed by atoms with E-state index in [1.54, 1.807) is 6.07 Å². The first kappa shape index (κ1) is 84.9.